The second-order valence-corrected chi connectivity index (χ2v) is 9.07. The lowest BCUT2D eigenvalue weighted by Gasteiger charge is -2.24. The van der Waals surface area contributed by atoms with Crippen molar-refractivity contribution in [2.45, 2.75) is 49.9 Å². The molecule has 0 fully saturated rings. The van der Waals surface area contributed by atoms with Gasteiger partial charge in [0.05, 0.1) is 18.9 Å². The Morgan fingerprint density at radius 1 is 0.585 bits per heavy atom. The van der Waals surface area contributed by atoms with E-state index in [2.05, 4.69) is 10.6 Å². The molecule has 0 heterocycles. The maximum Gasteiger partial charge on any atom is 0.326 e. The highest BCUT2D eigenvalue weighted by Crippen LogP contribution is 2.13. The molecule has 2 aromatic carbocycles. The van der Waals surface area contributed by atoms with Gasteiger partial charge in [0.2, 0.25) is 17.7 Å². The molecular weight excluding hydrogens is 544 g/mol. The van der Waals surface area contributed by atoms with E-state index in [4.69, 9.17) is 10.8 Å². The second-order valence-electron chi connectivity index (χ2n) is 9.07. The van der Waals surface area contributed by atoms with Crippen LogP contribution in [0.15, 0.2) is 48.5 Å². The second kappa shape index (κ2) is 14.8. The van der Waals surface area contributed by atoms with Crippen molar-refractivity contribution in [3.8, 4) is 11.5 Å². The minimum atomic E-state index is -1.90. The van der Waals surface area contributed by atoms with E-state index in [1.54, 1.807) is 12.1 Å². The molecule has 2 aromatic rings. The van der Waals surface area contributed by atoms with Gasteiger partial charge in [-0.3, -0.25) is 24.0 Å². The number of carboxylic acid groups (broad SMARTS) is 3. The molecule has 0 bridgehead atoms. The minimum absolute atomic E-state index is 0.00925. The van der Waals surface area contributed by atoms with Gasteiger partial charge < -0.3 is 47.2 Å². The summed E-state index contributed by atoms with van der Waals surface area (Å²) < 4.78 is 0. The van der Waals surface area contributed by atoms with E-state index in [1.807, 2.05) is 5.32 Å². The molecule has 0 aliphatic heterocycles. The van der Waals surface area contributed by atoms with E-state index in [9.17, 15) is 49.2 Å². The first-order valence-electron chi connectivity index (χ1n) is 12.1. The lowest BCUT2D eigenvalue weighted by Crippen LogP contribution is -2.58. The molecule has 10 N–H and O–H groups in total. The van der Waals surface area contributed by atoms with Crippen LogP contribution in [0.2, 0.25) is 0 Å². The van der Waals surface area contributed by atoms with E-state index < -0.39 is 72.6 Å². The number of carbonyl (C=O) groups is 6. The van der Waals surface area contributed by atoms with Crippen LogP contribution >= 0.6 is 0 Å². The van der Waals surface area contributed by atoms with Gasteiger partial charge in [-0.25, -0.2) is 4.79 Å². The molecule has 2 rings (SSSR count). The van der Waals surface area contributed by atoms with Crippen molar-refractivity contribution in [3.05, 3.63) is 59.7 Å². The van der Waals surface area contributed by atoms with Gasteiger partial charge in [-0.15, -0.1) is 0 Å². The number of phenolic OH excluding ortho intramolecular Hbond substituents is 2. The van der Waals surface area contributed by atoms with Crippen LogP contribution in [-0.4, -0.2) is 85.3 Å². The Balaban J connectivity index is 2.25. The topological polar surface area (TPSA) is 266 Å². The average Bonchev–Trinajstić information content (AvgIpc) is 2.89. The highest BCUT2D eigenvalue weighted by Gasteiger charge is 2.32. The van der Waals surface area contributed by atoms with Crippen molar-refractivity contribution >= 4 is 35.6 Å². The summed E-state index contributed by atoms with van der Waals surface area (Å²) in [6.07, 6.45) is -2.14. The fourth-order valence-electron chi connectivity index (χ4n) is 3.64. The largest absolute Gasteiger partial charge is 0.508 e. The number of aromatic hydroxyl groups is 2. The molecule has 4 atom stereocenters. The van der Waals surface area contributed by atoms with Gasteiger partial charge in [0.25, 0.3) is 0 Å². The first-order chi connectivity index (χ1) is 19.2. The maximum absolute atomic E-state index is 13.2. The van der Waals surface area contributed by atoms with Crippen LogP contribution in [0.1, 0.15) is 24.0 Å². The summed E-state index contributed by atoms with van der Waals surface area (Å²) in [4.78, 5) is 72.5. The molecule has 0 aromatic heterocycles. The number of benzene rings is 2. The van der Waals surface area contributed by atoms with E-state index in [0.29, 0.717) is 11.1 Å². The predicted octanol–water partition coefficient (Wildman–Crippen LogP) is -1.30. The Hall–Kier alpha value is -5.18. The van der Waals surface area contributed by atoms with Crippen LogP contribution in [0, 0.1) is 0 Å². The van der Waals surface area contributed by atoms with Gasteiger partial charge in [-0.1, -0.05) is 24.3 Å². The summed E-state index contributed by atoms with van der Waals surface area (Å²) in [7, 11) is 0. The lowest BCUT2D eigenvalue weighted by atomic mass is 10.0. The molecule has 4 unspecified atom stereocenters. The summed E-state index contributed by atoms with van der Waals surface area (Å²) in [6.45, 7) is 0. The summed E-state index contributed by atoms with van der Waals surface area (Å²) in [5, 5.41) is 52.8. The van der Waals surface area contributed by atoms with Gasteiger partial charge in [0.15, 0.2) is 0 Å². The van der Waals surface area contributed by atoms with Crippen LogP contribution in [0.3, 0.4) is 0 Å². The molecular formula is C26H30N4O11. The number of nitrogens with two attached hydrogens (primary N) is 1. The predicted molar refractivity (Wildman–Crippen MR) is 140 cm³/mol. The molecule has 41 heavy (non-hydrogen) atoms. The van der Waals surface area contributed by atoms with Crippen LogP contribution in [0.4, 0.5) is 0 Å². The van der Waals surface area contributed by atoms with Crippen molar-refractivity contribution in [3.63, 3.8) is 0 Å². The Morgan fingerprint density at radius 2 is 0.976 bits per heavy atom. The SMILES string of the molecule is NC(Cc1ccc(O)cc1)C(=O)NC(Cc1ccc(O)cc1)C(=O)NC(CC(=O)O)C(=O)NC(CC(=O)O)C(=O)O. The fraction of sp³-hybridized carbons (Fsp3) is 0.308. The highest BCUT2D eigenvalue weighted by atomic mass is 16.4. The Labute approximate surface area is 233 Å². The molecule has 220 valence electrons. The maximum atomic E-state index is 13.2. The monoisotopic (exact) mass is 574 g/mol. The Kier molecular flexibility index (Phi) is 11.6. The van der Waals surface area contributed by atoms with Crippen molar-refractivity contribution in [1.29, 1.82) is 0 Å². The summed E-state index contributed by atoms with van der Waals surface area (Å²) >= 11 is 0. The molecule has 0 aliphatic carbocycles. The van der Waals surface area contributed by atoms with Gasteiger partial charge in [0, 0.05) is 6.42 Å². The highest BCUT2D eigenvalue weighted by molar-refractivity contribution is 5.96. The number of carboxylic acids is 3. The van der Waals surface area contributed by atoms with Gasteiger partial charge >= 0.3 is 17.9 Å². The molecule has 0 saturated carbocycles. The molecule has 0 aliphatic rings. The molecule has 15 nitrogen and oxygen atoms in total. The zero-order chi connectivity index (χ0) is 30.7. The van der Waals surface area contributed by atoms with Crippen LogP contribution in [0.25, 0.3) is 0 Å². The number of rotatable bonds is 15. The Bertz CT molecular complexity index is 1270. The third-order valence-electron chi connectivity index (χ3n) is 5.74. The van der Waals surface area contributed by atoms with E-state index in [-0.39, 0.29) is 24.3 Å². The molecule has 15 heteroatoms. The molecule has 3 amide bonds. The normalized spacial score (nSPS) is 13.6. The van der Waals surface area contributed by atoms with Crippen molar-refractivity contribution < 1.29 is 54.3 Å². The first-order valence-corrected chi connectivity index (χ1v) is 12.1. The third-order valence-corrected chi connectivity index (χ3v) is 5.74. The third kappa shape index (κ3) is 10.8. The summed E-state index contributed by atoms with van der Waals surface area (Å²) in [6, 6.07) is 5.19. The number of aliphatic carboxylic acids is 3. The number of hydrogen-bond donors (Lipinski definition) is 9. The quantitative estimate of drug-likeness (QED) is 0.120. The summed E-state index contributed by atoms with van der Waals surface area (Å²) in [5.74, 6) is -7.90. The van der Waals surface area contributed by atoms with Gasteiger partial charge in [0.1, 0.15) is 29.6 Å². The van der Waals surface area contributed by atoms with Crippen molar-refractivity contribution in [2.75, 3.05) is 0 Å². The average molecular weight is 575 g/mol. The summed E-state index contributed by atoms with van der Waals surface area (Å²) in [5.41, 5.74) is 7.07. The fourth-order valence-corrected chi connectivity index (χ4v) is 3.64. The zero-order valence-corrected chi connectivity index (χ0v) is 21.5. The van der Waals surface area contributed by atoms with E-state index in [1.165, 1.54) is 36.4 Å². The van der Waals surface area contributed by atoms with Gasteiger partial charge in [-0.05, 0) is 41.8 Å². The molecule has 0 spiro atoms. The Morgan fingerprint density at radius 3 is 1.44 bits per heavy atom. The smallest absolute Gasteiger partial charge is 0.326 e. The number of hydrogen-bond acceptors (Lipinski definition) is 9. The standard InChI is InChI=1S/C26H30N4O11/c27-17(9-13-1-5-15(31)6-2-13)23(37)28-18(10-14-3-7-16(32)8-4-14)24(38)29-19(11-21(33)34)25(39)30-20(26(40)41)12-22(35)36/h1-8,17-20,31-32H,9-12,27H2,(H,28,37)(H,29,38)(H,30,39)(H,33,34)(H,35,36)(H,40,41). The van der Waals surface area contributed by atoms with Crippen LogP contribution in [0.5, 0.6) is 11.5 Å². The zero-order valence-electron chi connectivity index (χ0n) is 21.5. The molecule has 0 radical (unpaired) electrons. The van der Waals surface area contributed by atoms with E-state index >= 15 is 0 Å². The molecule has 0 saturated heterocycles. The van der Waals surface area contributed by atoms with Crippen molar-refractivity contribution in [2.24, 2.45) is 5.73 Å². The van der Waals surface area contributed by atoms with Crippen LogP contribution < -0.4 is 21.7 Å². The van der Waals surface area contributed by atoms with Crippen LogP contribution in [-0.2, 0) is 41.6 Å². The lowest BCUT2D eigenvalue weighted by molar-refractivity contribution is -0.148. The minimum Gasteiger partial charge on any atom is -0.508 e. The van der Waals surface area contributed by atoms with E-state index in [0.717, 1.165) is 0 Å². The van der Waals surface area contributed by atoms with Gasteiger partial charge in [-0.2, -0.15) is 0 Å². The number of amides is 3. The number of phenols is 2. The van der Waals surface area contributed by atoms with Crippen molar-refractivity contribution in [1.82, 2.24) is 16.0 Å². The first kappa shape index (κ1) is 32.0. The number of nitrogens with one attached hydrogen (secondary N) is 3. The number of carbonyl (C=O) groups excluding carboxylic acids is 3.